The zero-order valence-corrected chi connectivity index (χ0v) is 13.5. The van der Waals surface area contributed by atoms with Crippen molar-refractivity contribution in [2.24, 2.45) is 10.9 Å². The molecular formula is C15H24NO3P. The van der Waals surface area contributed by atoms with E-state index in [1.165, 1.54) is 0 Å². The first-order valence-corrected chi connectivity index (χ1v) is 8.61. The molecule has 0 aliphatic carbocycles. The van der Waals surface area contributed by atoms with Crippen LogP contribution in [0.4, 0.5) is 0 Å². The summed E-state index contributed by atoms with van der Waals surface area (Å²) in [6.45, 7) is 8.32. The molecule has 4 nitrogen and oxygen atoms in total. The Labute approximate surface area is 121 Å². The number of nitrogens with zero attached hydrogens (tertiary/aromatic N) is 1. The molecular weight excluding hydrogens is 273 g/mol. The van der Waals surface area contributed by atoms with Crippen LogP contribution in [-0.2, 0) is 13.6 Å². The third kappa shape index (κ3) is 4.86. The normalized spacial score (nSPS) is 14.1. The van der Waals surface area contributed by atoms with Crippen LogP contribution in [0, 0.1) is 5.92 Å². The van der Waals surface area contributed by atoms with E-state index in [0.29, 0.717) is 13.2 Å². The topological polar surface area (TPSA) is 47.9 Å². The van der Waals surface area contributed by atoms with Gasteiger partial charge in [0.2, 0.25) is 0 Å². The summed E-state index contributed by atoms with van der Waals surface area (Å²) in [4.78, 5) is 4.46. The van der Waals surface area contributed by atoms with E-state index < -0.39 is 13.4 Å². The van der Waals surface area contributed by atoms with E-state index in [1.807, 2.05) is 44.2 Å². The molecule has 0 aromatic heterocycles. The van der Waals surface area contributed by atoms with E-state index >= 15 is 0 Å². The van der Waals surface area contributed by atoms with Crippen molar-refractivity contribution >= 4 is 13.8 Å². The molecule has 0 spiro atoms. The third-order valence-corrected chi connectivity index (χ3v) is 4.81. The maximum atomic E-state index is 13.0. The summed E-state index contributed by atoms with van der Waals surface area (Å²) in [5.74, 6) is -0.330. The van der Waals surface area contributed by atoms with Gasteiger partial charge in [-0.3, -0.25) is 9.56 Å². The molecule has 112 valence electrons. The number of benzene rings is 1. The molecule has 1 aromatic carbocycles. The summed E-state index contributed by atoms with van der Waals surface area (Å²) >= 11 is 0. The van der Waals surface area contributed by atoms with Gasteiger partial charge >= 0.3 is 7.60 Å². The molecule has 0 heterocycles. The summed E-state index contributed by atoms with van der Waals surface area (Å²) in [7, 11) is -3.31. The van der Waals surface area contributed by atoms with Crippen LogP contribution in [0.25, 0.3) is 0 Å². The van der Waals surface area contributed by atoms with Crippen LogP contribution < -0.4 is 0 Å². The van der Waals surface area contributed by atoms with Gasteiger partial charge in [-0.2, -0.15) is 0 Å². The van der Waals surface area contributed by atoms with Crippen LogP contribution in [0.3, 0.4) is 0 Å². The Hall–Kier alpha value is -0.960. The van der Waals surface area contributed by atoms with Gasteiger partial charge in [0, 0.05) is 6.21 Å². The molecule has 5 heteroatoms. The van der Waals surface area contributed by atoms with E-state index in [1.54, 1.807) is 20.1 Å². The second-order valence-electron chi connectivity index (χ2n) is 4.70. The lowest BCUT2D eigenvalue weighted by Crippen LogP contribution is -2.06. The van der Waals surface area contributed by atoms with E-state index in [9.17, 15) is 4.57 Å². The maximum absolute atomic E-state index is 13.0. The van der Waals surface area contributed by atoms with Crippen molar-refractivity contribution < 1.29 is 13.6 Å². The summed E-state index contributed by atoms with van der Waals surface area (Å²) in [5.41, 5.74) is 0.842. The van der Waals surface area contributed by atoms with Crippen LogP contribution in [0.5, 0.6) is 0 Å². The average molecular weight is 297 g/mol. The van der Waals surface area contributed by atoms with E-state index in [4.69, 9.17) is 9.05 Å². The molecule has 1 rings (SSSR count). The van der Waals surface area contributed by atoms with Gasteiger partial charge in [-0.05, 0) is 25.3 Å². The first-order chi connectivity index (χ1) is 9.53. The monoisotopic (exact) mass is 297 g/mol. The average Bonchev–Trinajstić information content (AvgIpc) is 2.40. The van der Waals surface area contributed by atoms with Crippen molar-refractivity contribution in [2.75, 3.05) is 13.2 Å². The largest absolute Gasteiger partial charge is 0.359 e. The van der Waals surface area contributed by atoms with Gasteiger partial charge in [-0.15, -0.1) is 0 Å². The van der Waals surface area contributed by atoms with Crippen LogP contribution in [0.1, 0.15) is 39.0 Å². The minimum Gasteiger partial charge on any atom is -0.307 e. The molecule has 0 aliphatic heterocycles. The predicted molar refractivity (Wildman–Crippen MR) is 83.4 cm³/mol. The van der Waals surface area contributed by atoms with Crippen LogP contribution in [0.2, 0.25) is 0 Å². The minimum atomic E-state index is -3.31. The molecule has 1 aromatic rings. The number of aliphatic imine (C=N–C) groups is 1. The first-order valence-electron chi connectivity index (χ1n) is 7.00. The van der Waals surface area contributed by atoms with Crippen LogP contribution in [-0.4, -0.2) is 19.4 Å². The molecule has 0 N–H and O–H groups in total. The highest BCUT2D eigenvalue weighted by molar-refractivity contribution is 7.54. The zero-order valence-electron chi connectivity index (χ0n) is 12.7. The lowest BCUT2D eigenvalue weighted by atomic mass is 10.2. The molecule has 0 radical (unpaired) electrons. The number of rotatable bonds is 8. The maximum Gasteiger partial charge on any atom is 0.359 e. The van der Waals surface area contributed by atoms with E-state index in [0.717, 1.165) is 5.56 Å². The quantitative estimate of drug-likeness (QED) is 0.517. The first kappa shape index (κ1) is 17.1. The number of hydrogen-bond acceptors (Lipinski definition) is 4. The van der Waals surface area contributed by atoms with Gasteiger partial charge in [0.1, 0.15) is 0 Å². The predicted octanol–water partition coefficient (Wildman–Crippen LogP) is 4.68. The summed E-state index contributed by atoms with van der Waals surface area (Å²) in [5, 5.41) is 0. The molecule has 0 saturated heterocycles. The number of hydrogen-bond donors (Lipinski definition) is 0. The SMILES string of the molecule is CCOP(=O)(OCC)C(/N=C/C(C)C)c1ccccc1. The van der Waals surface area contributed by atoms with Crippen LogP contribution >= 0.6 is 7.60 Å². The van der Waals surface area contributed by atoms with Crippen molar-refractivity contribution in [1.29, 1.82) is 0 Å². The summed E-state index contributed by atoms with van der Waals surface area (Å²) in [6, 6.07) is 9.50. The fourth-order valence-electron chi connectivity index (χ4n) is 1.77. The highest BCUT2D eigenvalue weighted by Gasteiger charge is 2.36. The Morgan fingerprint density at radius 1 is 1.15 bits per heavy atom. The summed E-state index contributed by atoms with van der Waals surface area (Å²) < 4.78 is 23.8. The second kappa shape index (κ2) is 8.35. The van der Waals surface area contributed by atoms with E-state index in [2.05, 4.69) is 4.99 Å². The zero-order chi connectivity index (χ0) is 15.0. The lowest BCUT2D eigenvalue weighted by molar-refractivity contribution is 0.212. The van der Waals surface area contributed by atoms with Gasteiger partial charge in [-0.1, -0.05) is 44.2 Å². The molecule has 1 atom stereocenters. The van der Waals surface area contributed by atoms with Crippen LogP contribution in [0.15, 0.2) is 35.3 Å². The Balaban J connectivity index is 3.17. The fourth-order valence-corrected chi connectivity index (χ4v) is 3.62. The van der Waals surface area contributed by atoms with Crippen molar-refractivity contribution in [3.8, 4) is 0 Å². The molecule has 0 bridgehead atoms. The van der Waals surface area contributed by atoms with Gasteiger partial charge < -0.3 is 9.05 Å². The standard InChI is InChI=1S/C15H24NO3P/c1-5-18-20(17,19-6-2)15(16-12-13(3)4)14-10-8-7-9-11-14/h7-13,15H,5-6H2,1-4H3/b16-12+. The lowest BCUT2D eigenvalue weighted by Gasteiger charge is -2.24. The fraction of sp³-hybridized carbons (Fsp3) is 0.533. The third-order valence-electron chi connectivity index (χ3n) is 2.54. The Bertz CT molecular complexity index is 449. The molecule has 0 aliphatic rings. The minimum absolute atomic E-state index is 0.276. The van der Waals surface area contributed by atoms with Gasteiger partial charge in [-0.25, -0.2) is 0 Å². The molecule has 0 amide bonds. The second-order valence-corrected chi connectivity index (χ2v) is 6.79. The Kier molecular flexibility index (Phi) is 7.14. The van der Waals surface area contributed by atoms with Crippen molar-refractivity contribution in [3.63, 3.8) is 0 Å². The van der Waals surface area contributed by atoms with Gasteiger partial charge in [0.05, 0.1) is 13.2 Å². The van der Waals surface area contributed by atoms with E-state index in [-0.39, 0.29) is 5.92 Å². The van der Waals surface area contributed by atoms with Gasteiger partial charge in [0.15, 0.2) is 5.78 Å². The molecule has 20 heavy (non-hydrogen) atoms. The van der Waals surface area contributed by atoms with Gasteiger partial charge in [0.25, 0.3) is 0 Å². The molecule has 0 saturated carbocycles. The smallest absolute Gasteiger partial charge is 0.307 e. The van der Waals surface area contributed by atoms with Crippen molar-refractivity contribution in [1.82, 2.24) is 0 Å². The highest BCUT2D eigenvalue weighted by Crippen LogP contribution is 2.61. The van der Waals surface area contributed by atoms with Crippen molar-refractivity contribution in [2.45, 2.75) is 33.5 Å². The Morgan fingerprint density at radius 2 is 1.70 bits per heavy atom. The molecule has 1 unspecified atom stereocenters. The van der Waals surface area contributed by atoms with Crippen molar-refractivity contribution in [3.05, 3.63) is 35.9 Å². The molecule has 0 fully saturated rings. The summed E-state index contributed by atoms with van der Waals surface area (Å²) in [6.07, 6.45) is 1.79. The Morgan fingerprint density at radius 3 is 2.15 bits per heavy atom. The highest BCUT2D eigenvalue weighted by atomic mass is 31.2.